The Kier molecular flexibility index (Phi) is 6.26. The van der Waals surface area contributed by atoms with Crippen molar-refractivity contribution in [2.75, 3.05) is 36.5 Å². The van der Waals surface area contributed by atoms with Gasteiger partial charge >= 0.3 is 0 Å². The third-order valence-electron chi connectivity index (χ3n) is 3.77. The molecule has 0 unspecified atom stereocenters. The van der Waals surface area contributed by atoms with E-state index in [0.717, 1.165) is 44.8 Å². The number of hydrogen-bond donors (Lipinski definition) is 2. The Bertz CT molecular complexity index is 439. The fourth-order valence-electron chi connectivity index (χ4n) is 2.53. The fourth-order valence-corrected chi connectivity index (χ4v) is 2.73. The standard InChI is InChI=1S/C16H25N3OS/c1-3-19(4-2)14-9-7-13(8-10-14)18-16(21)17-12-15-6-5-11-20-15/h7-10,15H,3-6,11-12H2,1-2H3,(H2,17,18,21)/t15-/m0/s1. The van der Waals surface area contributed by atoms with Gasteiger partial charge in [0.1, 0.15) is 0 Å². The zero-order valence-electron chi connectivity index (χ0n) is 12.9. The average Bonchev–Trinajstić information content (AvgIpc) is 3.01. The molecule has 4 nitrogen and oxygen atoms in total. The minimum absolute atomic E-state index is 0.301. The molecule has 1 aromatic carbocycles. The van der Waals surface area contributed by atoms with E-state index >= 15 is 0 Å². The van der Waals surface area contributed by atoms with Crippen LogP contribution < -0.4 is 15.5 Å². The second kappa shape index (κ2) is 8.20. The monoisotopic (exact) mass is 307 g/mol. The van der Waals surface area contributed by atoms with Gasteiger partial charge in [-0.3, -0.25) is 0 Å². The molecule has 0 amide bonds. The summed E-state index contributed by atoms with van der Waals surface area (Å²) < 4.78 is 5.56. The molecule has 116 valence electrons. The number of nitrogens with one attached hydrogen (secondary N) is 2. The van der Waals surface area contributed by atoms with Crippen LogP contribution >= 0.6 is 12.2 Å². The molecule has 5 heteroatoms. The summed E-state index contributed by atoms with van der Waals surface area (Å²) in [6.45, 7) is 8.03. The maximum absolute atomic E-state index is 5.56. The van der Waals surface area contributed by atoms with Crippen molar-refractivity contribution in [2.24, 2.45) is 0 Å². The van der Waals surface area contributed by atoms with Crippen molar-refractivity contribution in [3.63, 3.8) is 0 Å². The Hall–Kier alpha value is -1.33. The van der Waals surface area contributed by atoms with Gasteiger partial charge in [-0.2, -0.15) is 0 Å². The number of ether oxygens (including phenoxy) is 1. The van der Waals surface area contributed by atoms with Gasteiger partial charge in [-0.1, -0.05) is 0 Å². The van der Waals surface area contributed by atoms with Crippen molar-refractivity contribution in [3.05, 3.63) is 24.3 Å². The molecule has 0 spiro atoms. The summed E-state index contributed by atoms with van der Waals surface area (Å²) >= 11 is 5.31. The third-order valence-corrected chi connectivity index (χ3v) is 4.01. The van der Waals surface area contributed by atoms with Crippen molar-refractivity contribution in [1.82, 2.24) is 5.32 Å². The van der Waals surface area contributed by atoms with Crippen molar-refractivity contribution in [3.8, 4) is 0 Å². The Morgan fingerprint density at radius 2 is 2.00 bits per heavy atom. The highest BCUT2D eigenvalue weighted by atomic mass is 32.1. The number of benzene rings is 1. The summed E-state index contributed by atoms with van der Waals surface area (Å²) in [4.78, 5) is 2.32. The van der Waals surface area contributed by atoms with Crippen LogP contribution in [0, 0.1) is 0 Å². The first-order chi connectivity index (χ1) is 10.2. The highest BCUT2D eigenvalue weighted by Crippen LogP contribution is 2.17. The minimum atomic E-state index is 0.301. The third kappa shape index (κ3) is 4.86. The van der Waals surface area contributed by atoms with Gasteiger partial charge in [-0.05, 0) is 63.2 Å². The second-order valence-electron chi connectivity index (χ2n) is 5.19. The zero-order valence-corrected chi connectivity index (χ0v) is 13.7. The van der Waals surface area contributed by atoms with Crippen LogP contribution in [-0.2, 0) is 4.74 Å². The van der Waals surface area contributed by atoms with Crippen molar-refractivity contribution < 1.29 is 4.74 Å². The van der Waals surface area contributed by atoms with E-state index in [4.69, 9.17) is 17.0 Å². The molecular formula is C16H25N3OS. The number of rotatable bonds is 6. The van der Waals surface area contributed by atoms with Crippen LogP contribution in [-0.4, -0.2) is 37.5 Å². The van der Waals surface area contributed by atoms with E-state index in [1.807, 2.05) is 0 Å². The van der Waals surface area contributed by atoms with E-state index in [9.17, 15) is 0 Å². The highest BCUT2D eigenvalue weighted by Gasteiger charge is 2.15. The van der Waals surface area contributed by atoms with E-state index < -0.39 is 0 Å². The largest absolute Gasteiger partial charge is 0.376 e. The lowest BCUT2D eigenvalue weighted by molar-refractivity contribution is 0.114. The van der Waals surface area contributed by atoms with Crippen LogP contribution in [0.5, 0.6) is 0 Å². The Morgan fingerprint density at radius 1 is 1.29 bits per heavy atom. The summed E-state index contributed by atoms with van der Waals surface area (Å²) in [5.41, 5.74) is 2.25. The maximum Gasteiger partial charge on any atom is 0.170 e. The smallest absolute Gasteiger partial charge is 0.170 e. The van der Waals surface area contributed by atoms with Crippen molar-refractivity contribution in [2.45, 2.75) is 32.8 Å². The number of hydrogen-bond acceptors (Lipinski definition) is 3. The molecular weight excluding hydrogens is 282 g/mol. The molecule has 1 aliphatic heterocycles. The normalized spacial score (nSPS) is 17.5. The van der Waals surface area contributed by atoms with Crippen molar-refractivity contribution >= 4 is 28.7 Å². The summed E-state index contributed by atoms with van der Waals surface area (Å²) in [6, 6.07) is 8.37. The number of nitrogens with zero attached hydrogens (tertiary/aromatic N) is 1. The van der Waals surface area contributed by atoms with Crippen LogP contribution in [0.3, 0.4) is 0 Å². The summed E-state index contributed by atoms with van der Waals surface area (Å²) in [5, 5.41) is 7.09. The van der Waals surface area contributed by atoms with Crippen LogP contribution in [0.4, 0.5) is 11.4 Å². The molecule has 21 heavy (non-hydrogen) atoms. The highest BCUT2D eigenvalue weighted by molar-refractivity contribution is 7.80. The summed E-state index contributed by atoms with van der Waals surface area (Å²) in [5.74, 6) is 0. The van der Waals surface area contributed by atoms with E-state index in [-0.39, 0.29) is 0 Å². The van der Waals surface area contributed by atoms with Gasteiger partial charge in [-0.15, -0.1) is 0 Å². The van der Waals surface area contributed by atoms with Crippen LogP contribution in [0.1, 0.15) is 26.7 Å². The number of thiocarbonyl (C=S) groups is 1. The van der Waals surface area contributed by atoms with Gasteiger partial charge in [0.15, 0.2) is 5.11 Å². The molecule has 0 aliphatic carbocycles. The van der Waals surface area contributed by atoms with Crippen LogP contribution in [0.2, 0.25) is 0 Å². The Balaban J connectivity index is 1.80. The van der Waals surface area contributed by atoms with Crippen LogP contribution in [0.15, 0.2) is 24.3 Å². The molecule has 0 radical (unpaired) electrons. The van der Waals surface area contributed by atoms with E-state index in [0.29, 0.717) is 11.2 Å². The lowest BCUT2D eigenvalue weighted by Crippen LogP contribution is -2.34. The topological polar surface area (TPSA) is 36.5 Å². The Morgan fingerprint density at radius 3 is 2.57 bits per heavy atom. The molecule has 1 heterocycles. The van der Waals surface area contributed by atoms with Gasteiger partial charge in [0.25, 0.3) is 0 Å². The zero-order chi connectivity index (χ0) is 15.1. The van der Waals surface area contributed by atoms with Gasteiger partial charge in [-0.25, -0.2) is 0 Å². The van der Waals surface area contributed by atoms with Gasteiger partial charge in [0, 0.05) is 37.6 Å². The van der Waals surface area contributed by atoms with Gasteiger partial charge < -0.3 is 20.3 Å². The molecule has 0 aromatic heterocycles. The van der Waals surface area contributed by atoms with Gasteiger partial charge in [0.2, 0.25) is 0 Å². The maximum atomic E-state index is 5.56. The van der Waals surface area contributed by atoms with Gasteiger partial charge in [0.05, 0.1) is 6.10 Å². The summed E-state index contributed by atoms with van der Waals surface area (Å²) in [6.07, 6.45) is 2.57. The molecule has 1 fully saturated rings. The second-order valence-corrected chi connectivity index (χ2v) is 5.60. The lowest BCUT2D eigenvalue weighted by Gasteiger charge is -2.21. The van der Waals surface area contributed by atoms with Crippen molar-refractivity contribution in [1.29, 1.82) is 0 Å². The van der Waals surface area contributed by atoms with E-state index in [1.54, 1.807) is 0 Å². The molecule has 1 saturated heterocycles. The first-order valence-electron chi connectivity index (χ1n) is 7.74. The first-order valence-corrected chi connectivity index (χ1v) is 8.15. The average molecular weight is 307 g/mol. The van der Waals surface area contributed by atoms with E-state index in [1.165, 1.54) is 5.69 Å². The molecule has 1 atom stereocenters. The quantitative estimate of drug-likeness (QED) is 0.790. The van der Waals surface area contributed by atoms with E-state index in [2.05, 4.69) is 53.6 Å². The fraction of sp³-hybridized carbons (Fsp3) is 0.562. The first kappa shape index (κ1) is 16.0. The molecule has 1 aliphatic rings. The summed E-state index contributed by atoms with van der Waals surface area (Å²) in [7, 11) is 0. The molecule has 0 saturated carbocycles. The number of anilines is 2. The molecule has 2 rings (SSSR count). The Labute approximate surface area is 132 Å². The minimum Gasteiger partial charge on any atom is -0.376 e. The molecule has 2 N–H and O–H groups in total. The SMILES string of the molecule is CCN(CC)c1ccc(NC(=S)NC[C@@H]2CCCO2)cc1. The van der Waals surface area contributed by atoms with Crippen LogP contribution in [0.25, 0.3) is 0 Å². The lowest BCUT2D eigenvalue weighted by atomic mass is 10.2. The molecule has 1 aromatic rings. The predicted molar refractivity (Wildman–Crippen MR) is 93.2 cm³/mol. The molecule has 0 bridgehead atoms. The predicted octanol–water partition coefficient (Wildman–Crippen LogP) is 3.00.